The summed E-state index contributed by atoms with van der Waals surface area (Å²) < 4.78 is 0. The van der Waals surface area contributed by atoms with Gasteiger partial charge in [0.15, 0.2) is 0 Å². The highest BCUT2D eigenvalue weighted by Crippen LogP contribution is 2.26. The molecule has 2 aliphatic rings. The number of hydrogen-bond acceptors (Lipinski definition) is 3. The number of carbonyl (C=O) groups excluding carboxylic acids is 1. The van der Waals surface area contributed by atoms with Gasteiger partial charge in [-0.05, 0) is 64.0 Å². The van der Waals surface area contributed by atoms with E-state index < -0.39 is 5.54 Å². The highest BCUT2D eigenvalue weighted by Gasteiger charge is 2.38. The first kappa shape index (κ1) is 15.8. The van der Waals surface area contributed by atoms with Crippen LogP contribution in [0.3, 0.4) is 0 Å². The predicted molar refractivity (Wildman–Crippen MR) is 82.4 cm³/mol. The van der Waals surface area contributed by atoms with Gasteiger partial charge >= 0.3 is 0 Å². The molecule has 116 valence electrons. The molecule has 0 spiro atoms. The quantitative estimate of drug-likeness (QED) is 0.779. The van der Waals surface area contributed by atoms with Gasteiger partial charge in [-0.15, -0.1) is 0 Å². The third-order valence-electron chi connectivity index (χ3n) is 4.99. The van der Waals surface area contributed by atoms with Gasteiger partial charge in [0.1, 0.15) is 5.54 Å². The minimum absolute atomic E-state index is 0.214. The molecule has 0 aromatic carbocycles. The molecule has 1 aliphatic carbocycles. The molecule has 0 radical (unpaired) electrons. The summed E-state index contributed by atoms with van der Waals surface area (Å²) in [5.41, 5.74) is 5.08. The summed E-state index contributed by atoms with van der Waals surface area (Å²) in [6.45, 7) is 9.56. The Morgan fingerprint density at radius 2 is 2.00 bits per heavy atom. The predicted octanol–water partition coefficient (Wildman–Crippen LogP) is 1.74. The Balaban J connectivity index is 1.91. The molecule has 0 bridgehead atoms. The third-order valence-corrected chi connectivity index (χ3v) is 4.99. The Kier molecular flexibility index (Phi) is 5.08. The number of nitrogens with one attached hydrogen (secondary N) is 1. The van der Waals surface area contributed by atoms with Gasteiger partial charge in [-0.2, -0.15) is 0 Å². The van der Waals surface area contributed by atoms with Crippen molar-refractivity contribution < 1.29 is 4.79 Å². The van der Waals surface area contributed by atoms with Gasteiger partial charge in [-0.25, -0.2) is 0 Å². The van der Waals surface area contributed by atoms with Crippen LogP contribution in [0.15, 0.2) is 0 Å². The highest BCUT2D eigenvalue weighted by molar-refractivity contribution is 5.84. The molecule has 3 N–H and O–H groups in total. The highest BCUT2D eigenvalue weighted by atomic mass is 16.1. The number of nitrogens with zero attached hydrogens (tertiary/aromatic N) is 1. The molecular formula is C16H31N3O. The van der Waals surface area contributed by atoms with Crippen LogP contribution in [-0.2, 0) is 4.79 Å². The van der Waals surface area contributed by atoms with Gasteiger partial charge in [0.05, 0.1) is 0 Å². The van der Waals surface area contributed by atoms with Crippen LogP contribution in [0.2, 0.25) is 0 Å². The van der Waals surface area contributed by atoms with Crippen molar-refractivity contribution in [2.24, 2.45) is 17.6 Å². The maximum atomic E-state index is 11.8. The molecule has 1 heterocycles. The zero-order valence-electron chi connectivity index (χ0n) is 13.3. The number of likely N-dealkylation sites (tertiary alicyclic amines) is 1. The molecule has 0 aromatic heterocycles. The number of nitrogens with two attached hydrogens (primary N) is 1. The lowest BCUT2D eigenvalue weighted by Gasteiger charge is -2.33. The van der Waals surface area contributed by atoms with Crippen molar-refractivity contribution in [3.05, 3.63) is 0 Å². The van der Waals surface area contributed by atoms with E-state index in [2.05, 4.69) is 24.1 Å². The Bertz CT molecular complexity index is 341. The molecule has 2 fully saturated rings. The van der Waals surface area contributed by atoms with Crippen LogP contribution >= 0.6 is 0 Å². The molecule has 1 saturated carbocycles. The van der Waals surface area contributed by atoms with Crippen LogP contribution in [0, 0.1) is 11.8 Å². The Morgan fingerprint density at radius 3 is 2.55 bits per heavy atom. The van der Waals surface area contributed by atoms with E-state index in [1.54, 1.807) is 0 Å². The number of primary amides is 1. The monoisotopic (exact) mass is 281 g/mol. The van der Waals surface area contributed by atoms with Crippen LogP contribution < -0.4 is 11.1 Å². The summed E-state index contributed by atoms with van der Waals surface area (Å²) >= 11 is 0. The van der Waals surface area contributed by atoms with E-state index in [0.717, 1.165) is 31.5 Å². The maximum absolute atomic E-state index is 11.8. The minimum Gasteiger partial charge on any atom is -0.368 e. The molecule has 20 heavy (non-hydrogen) atoms. The zero-order chi connectivity index (χ0) is 14.8. The summed E-state index contributed by atoms with van der Waals surface area (Å²) in [6, 6.07) is 0.503. The van der Waals surface area contributed by atoms with Crippen LogP contribution in [0.1, 0.15) is 52.9 Å². The lowest BCUT2D eigenvalue weighted by Crippen LogP contribution is -2.60. The van der Waals surface area contributed by atoms with E-state index in [1.807, 2.05) is 6.92 Å². The standard InChI is InChI=1S/C16H31N3O/c1-12(2)13-5-4-9-19(10-8-13)11-16(3,15(17)20)18-14-6-7-14/h12-14,18H,4-11H2,1-3H3,(H2,17,20). The lowest BCUT2D eigenvalue weighted by molar-refractivity contribution is -0.124. The second-order valence-corrected chi connectivity index (χ2v) is 7.33. The van der Waals surface area contributed by atoms with Gasteiger partial charge in [-0.3, -0.25) is 10.1 Å². The van der Waals surface area contributed by atoms with Crippen molar-refractivity contribution >= 4 is 5.91 Å². The van der Waals surface area contributed by atoms with Gasteiger partial charge < -0.3 is 10.6 Å². The van der Waals surface area contributed by atoms with Crippen molar-refractivity contribution in [3.63, 3.8) is 0 Å². The molecule has 2 unspecified atom stereocenters. The molecule has 4 heteroatoms. The first-order chi connectivity index (χ1) is 9.40. The van der Waals surface area contributed by atoms with Crippen LogP contribution in [-0.4, -0.2) is 42.0 Å². The van der Waals surface area contributed by atoms with E-state index in [4.69, 9.17) is 5.73 Å². The van der Waals surface area contributed by atoms with E-state index >= 15 is 0 Å². The Labute approximate surface area is 123 Å². The molecule has 2 rings (SSSR count). The van der Waals surface area contributed by atoms with E-state index in [1.165, 1.54) is 32.1 Å². The molecule has 4 nitrogen and oxygen atoms in total. The van der Waals surface area contributed by atoms with Crippen LogP contribution in [0.4, 0.5) is 0 Å². The summed E-state index contributed by atoms with van der Waals surface area (Å²) in [7, 11) is 0. The molecule has 2 atom stereocenters. The second kappa shape index (κ2) is 6.44. The third kappa shape index (κ3) is 4.19. The van der Waals surface area contributed by atoms with E-state index in [-0.39, 0.29) is 5.91 Å². The van der Waals surface area contributed by atoms with Crippen molar-refractivity contribution in [2.45, 2.75) is 64.5 Å². The van der Waals surface area contributed by atoms with E-state index in [0.29, 0.717) is 6.04 Å². The fourth-order valence-electron chi connectivity index (χ4n) is 3.33. The summed E-state index contributed by atoms with van der Waals surface area (Å²) in [6.07, 6.45) is 6.16. The average molecular weight is 281 g/mol. The smallest absolute Gasteiger partial charge is 0.238 e. The van der Waals surface area contributed by atoms with E-state index in [9.17, 15) is 4.79 Å². The average Bonchev–Trinajstić information content (AvgIpc) is 3.16. The molecule has 1 amide bonds. The minimum atomic E-state index is -0.571. The molecule has 1 saturated heterocycles. The maximum Gasteiger partial charge on any atom is 0.238 e. The number of carbonyl (C=O) groups is 1. The van der Waals surface area contributed by atoms with Gasteiger partial charge in [0.25, 0.3) is 0 Å². The first-order valence-electron chi connectivity index (χ1n) is 8.20. The SMILES string of the molecule is CC(C)C1CCCN(CC(C)(NC2CC2)C(N)=O)CC1. The fraction of sp³-hybridized carbons (Fsp3) is 0.938. The lowest BCUT2D eigenvalue weighted by atomic mass is 9.89. The van der Waals surface area contributed by atoms with Crippen molar-refractivity contribution in [1.29, 1.82) is 0 Å². The van der Waals surface area contributed by atoms with Crippen molar-refractivity contribution in [2.75, 3.05) is 19.6 Å². The van der Waals surface area contributed by atoms with Gasteiger partial charge in [0, 0.05) is 12.6 Å². The second-order valence-electron chi connectivity index (χ2n) is 7.33. The topological polar surface area (TPSA) is 58.4 Å². The number of rotatable bonds is 6. The fourth-order valence-corrected chi connectivity index (χ4v) is 3.33. The van der Waals surface area contributed by atoms with Crippen LogP contribution in [0.25, 0.3) is 0 Å². The summed E-state index contributed by atoms with van der Waals surface area (Å²) in [4.78, 5) is 14.3. The Morgan fingerprint density at radius 1 is 1.30 bits per heavy atom. The largest absolute Gasteiger partial charge is 0.368 e. The first-order valence-corrected chi connectivity index (χ1v) is 8.20. The van der Waals surface area contributed by atoms with Crippen molar-refractivity contribution in [3.8, 4) is 0 Å². The zero-order valence-corrected chi connectivity index (χ0v) is 13.3. The van der Waals surface area contributed by atoms with Gasteiger partial charge in [0.2, 0.25) is 5.91 Å². The van der Waals surface area contributed by atoms with Crippen molar-refractivity contribution in [1.82, 2.24) is 10.2 Å². The summed E-state index contributed by atoms with van der Waals surface area (Å²) in [5.74, 6) is 1.38. The molecule has 0 aromatic rings. The Hall–Kier alpha value is -0.610. The number of amides is 1. The summed E-state index contributed by atoms with van der Waals surface area (Å²) in [5, 5.41) is 3.45. The van der Waals surface area contributed by atoms with Crippen LogP contribution in [0.5, 0.6) is 0 Å². The number of hydrogen-bond donors (Lipinski definition) is 2. The molecular weight excluding hydrogens is 250 g/mol. The molecule has 1 aliphatic heterocycles. The van der Waals surface area contributed by atoms with Gasteiger partial charge in [-0.1, -0.05) is 13.8 Å². The normalized spacial score (nSPS) is 28.1.